The number of aliphatic carboxylic acids is 1. The van der Waals surface area contributed by atoms with Gasteiger partial charge in [0.1, 0.15) is 0 Å². The second-order valence-corrected chi connectivity index (χ2v) is 3.52. The summed E-state index contributed by atoms with van der Waals surface area (Å²) in [4.78, 5) is 21.2. The van der Waals surface area contributed by atoms with Gasteiger partial charge in [-0.25, -0.2) is 0 Å². The highest BCUT2D eigenvalue weighted by molar-refractivity contribution is 5.81. The summed E-state index contributed by atoms with van der Waals surface area (Å²) in [6.45, 7) is -0.359. The van der Waals surface area contributed by atoms with E-state index in [1.54, 1.807) is 17.4 Å². The van der Waals surface area contributed by atoms with E-state index in [0.29, 0.717) is 11.1 Å². The molecule has 1 aromatic rings. The Labute approximate surface area is 100 Å². The molecule has 98 valence electrons. The zero-order valence-electron chi connectivity index (χ0n) is 9.12. The monoisotopic (exact) mass is 261 g/mol. The van der Waals surface area contributed by atoms with E-state index in [4.69, 9.17) is 5.11 Å². The fourth-order valence-electron chi connectivity index (χ4n) is 1.34. The summed E-state index contributed by atoms with van der Waals surface area (Å²) in [6, 6.07) is 6.09. The zero-order valence-corrected chi connectivity index (χ0v) is 9.12. The third-order valence-electron chi connectivity index (χ3n) is 2.16. The molecule has 1 rings (SSSR count). The van der Waals surface area contributed by atoms with Gasteiger partial charge in [0.05, 0.1) is 6.42 Å². The number of benzene rings is 1. The summed E-state index contributed by atoms with van der Waals surface area (Å²) in [5.74, 6) is -3.14. The number of carboxylic acid groups (broad SMARTS) is 1. The molecule has 0 saturated heterocycles. The molecule has 0 aromatic heterocycles. The first-order valence-electron chi connectivity index (χ1n) is 4.94. The van der Waals surface area contributed by atoms with Gasteiger partial charge < -0.3 is 10.4 Å². The summed E-state index contributed by atoms with van der Waals surface area (Å²) >= 11 is 0. The molecule has 0 aliphatic rings. The van der Waals surface area contributed by atoms with Crippen molar-refractivity contribution in [2.24, 2.45) is 0 Å². The van der Waals surface area contributed by atoms with Crippen LogP contribution >= 0.6 is 0 Å². The molecule has 0 aliphatic carbocycles. The lowest BCUT2D eigenvalue weighted by atomic mass is 10.0. The van der Waals surface area contributed by atoms with Crippen molar-refractivity contribution < 1.29 is 27.9 Å². The summed E-state index contributed by atoms with van der Waals surface area (Å²) in [5.41, 5.74) is 0.713. The van der Waals surface area contributed by atoms with E-state index in [1.165, 1.54) is 12.1 Å². The highest BCUT2D eigenvalue weighted by Gasteiger charge is 2.38. The Morgan fingerprint density at radius 3 is 2.22 bits per heavy atom. The average molecular weight is 261 g/mol. The Hall–Kier alpha value is -2.05. The van der Waals surface area contributed by atoms with Gasteiger partial charge in [-0.05, 0) is 11.1 Å². The Bertz CT molecular complexity index is 457. The second kappa shape index (κ2) is 5.52. The fraction of sp³-hybridized carbons (Fsp3) is 0.273. The van der Waals surface area contributed by atoms with Crippen LogP contribution in [0.3, 0.4) is 0 Å². The Morgan fingerprint density at radius 1 is 1.17 bits per heavy atom. The van der Waals surface area contributed by atoms with Crippen LogP contribution in [0.15, 0.2) is 24.3 Å². The molecule has 0 heterocycles. The number of carbonyl (C=O) groups is 2. The minimum absolute atomic E-state index is 0.307. The third kappa shape index (κ3) is 4.08. The number of alkyl halides is 3. The first-order valence-corrected chi connectivity index (χ1v) is 4.94. The van der Waals surface area contributed by atoms with Crippen molar-refractivity contribution in [1.82, 2.24) is 5.32 Å². The second-order valence-electron chi connectivity index (χ2n) is 3.52. The number of carbonyl (C=O) groups excluding carboxylic acids is 1. The van der Waals surface area contributed by atoms with E-state index in [9.17, 15) is 22.8 Å². The van der Waals surface area contributed by atoms with Crippen LogP contribution < -0.4 is 5.32 Å². The molecule has 4 nitrogen and oxygen atoms in total. The first-order chi connectivity index (χ1) is 8.30. The standard InChI is InChI=1S/C11H10F3NO3/c12-11(13,14)10(18)15-6-8-4-2-1-3-7(8)5-9(16)17/h1-4H,5-6H2,(H,15,18)(H,16,17). The summed E-state index contributed by atoms with van der Waals surface area (Å²) < 4.78 is 35.9. The maximum absolute atomic E-state index is 12.0. The van der Waals surface area contributed by atoms with Gasteiger partial charge in [0.2, 0.25) is 0 Å². The molecule has 1 amide bonds. The van der Waals surface area contributed by atoms with E-state index in [1.807, 2.05) is 0 Å². The highest BCUT2D eigenvalue weighted by Crippen LogP contribution is 2.15. The molecule has 0 spiro atoms. The number of nitrogens with one attached hydrogen (secondary N) is 1. The van der Waals surface area contributed by atoms with Crippen molar-refractivity contribution in [2.45, 2.75) is 19.1 Å². The molecule has 0 bridgehead atoms. The maximum Gasteiger partial charge on any atom is 0.471 e. The van der Waals surface area contributed by atoms with E-state index in [-0.39, 0.29) is 13.0 Å². The predicted octanol–water partition coefficient (Wildman–Crippen LogP) is 1.49. The molecule has 18 heavy (non-hydrogen) atoms. The van der Waals surface area contributed by atoms with Crippen LogP contribution in [0.4, 0.5) is 13.2 Å². The molecule has 0 fully saturated rings. The number of rotatable bonds is 4. The van der Waals surface area contributed by atoms with Gasteiger partial charge in [-0.1, -0.05) is 24.3 Å². The van der Waals surface area contributed by atoms with Gasteiger partial charge in [-0.2, -0.15) is 13.2 Å². The Kier molecular flexibility index (Phi) is 4.30. The van der Waals surface area contributed by atoms with Gasteiger partial charge >= 0.3 is 18.1 Å². The van der Waals surface area contributed by atoms with Crippen LogP contribution in [-0.4, -0.2) is 23.2 Å². The van der Waals surface area contributed by atoms with E-state index >= 15 is 0 Å². The first kappa shape index (κ1) is 14.0. The van der Waals surface area contributed by atoms with Gasteiger partial charge in [0.15, 0.2) is 0 Å². The van der Waals surface area contributed by atoms with E-state index in [2.05, 4.69) is 0 Å². The molecule has 0 aliphatic heterocycles. The molecule has 0 radical (unpaired) electrons. The molecule has 1 aromatic carbocycles. The van der Waals surface area contributed by atoms with Gasteiger partial charge in [-0.3, -0.25) is 9.59 Å². The SMILES string of the molecule is O=C(O)Cc1ccccc1CNC(=O)C(F)(F)F. The van der Waals surface area contributed by atoms with Crippen molar-refractivity contribution in [3.63, 3.8) is 0 Å². The molecular formula is C11H10F3NO3. The van der Waals surface area contributed by atoms with Crippen molar-refractivity contribution in [2.75, 3.05) is 0 Å². The third-order valence-corrected chi connectivity index (χ3v) is 2.16. The number of hydrogen-bond donors (Lipinski definition) is 2. The molecule has 0 saturated carbocycles. The average Bonchev–Trinajstić information content (AvgIpc) is 2.25. The lowest BCUT2D eigenvalue weighted by Gasteiger charge is -2.10. The van der Waals surface area contributed by atoms with Crippen LogP contribution in [0.2, 0.25) is 0 Å². The van der Waals surface area contributed by atoms with Crippen LogP contribution in [0.5, 0.6) is 0 Å². The fourth-order valence-corrected chi connectivity index (χ4v) is 1.34. The Balaban J connectivity index is 2.73. The molecule has 2 N–H and O–H groups in total. The lowest BCUT2D eigenvalue weighted by molar-refractivity contribution is -0.173. The largest absolute Gasteiger partial charge is 0.481 e. The van der Waals surface area contributed by atoms with Crippen LogP contribution in [0.1, 0.15) is 11.1 Å². The van der Waals surface area contributed by atoms with Crippen LogP contribution in [0.25, 0.3) is 0 Å². The summed E-state index contributed by atoms with van der Waals surface area (Å²) in [6.07, 6.45) is -5.25. The molecule has 0 atom stereocenters. The Morgan fingerprint density at radius 2 is 1.72 bits per heavy atom. The summed E-state index contributed by atoms with van der Waals surface area (Å²) in [7, 11) is 0. The van der Waals surface area contributed by atoms with Gasteiger partial charge in [0.25, 0.3) is 0 Å². The normalized spacial score (nSPS) is 11.1. The van der Waals surface area contributed by atoms with Gasteiger partial charge in [-0.15, -0.1) is 0 Å². The van der Waals surface area contributed by atoms with Crippen LogP contribution in [0, 0.1) is 0 Å². The highest BCUT2D eigenvalue weighted by atomic mass is 19.4. The minimum Gasteiger partial charge on any atom is -0.481 e. The maximum atomic E-state index is 12.0. The van der Waals surface area contributed by atoms with Gasteiger partial charge in [0, 0.05) is 6.54 Å². The predicted molar refractivity (Wildman–Crippen MR) is 55.7 cm³/mol. The van der Waals surface area contributed by atoms with Crippen LogP contribution in [-0.2, 0) is 22.6 Å². The molecule has 7 heteroatoms. The van der Waals surface area contributed by atoms with E-state index < -0.39 is 18.1 Å². The quantitative estimate of drug-likeness (QED) is 0.863. The molecular weight excluding hydrogens is 251 g/mol. The van der Waals surface area contributed by atoms with E-state index in [0.717, 1.165) is 0 Å². The molecule has 0 unspecified atom stereocenters. The minimum atomic E-state index is -4.94. The van der Waals surface area contributed by atoms with Crippen molar-refractivity contribution >= 4 is 11.9 Å². The number of carboxylic acids is 1. The lowest BCUT2D eigenvalue weighted by Crippen LogP contribution is -2.36. The number of amides is 1. The van der Waals surface area contributed by atoms with Crippen molar-refractivity contribution in [3.8, 4) is 0 Å². The smallest absolute Gasteiger partial charge is 0.471 e. The zero-order chi connectivity index (χ0) is 13.8. The summed E-state index contributed by atoms with van der Waals surface area (Å²) in [5, 5.41) is 10.3. The van der Waals surface area contributed by atoms with Crippen molar-refractivity contribution in [3.05, 3.63) is 35.4 Å². The number of halogens is 3. The topological polar surface area (TPSA) is 66.4 Å². The number of hydrogen-bond acceptors (Lipinski definition) is 2. The van der Waals surface area contributed by atoms with Crippen molar-refractivity contribution in [1.29, 1.82) is 0 Å².